The molecule has 0 saturated heterocycles. The third-order valence-electron chi connectivity index (χ3n) is 5.24. The lowest BCUT2D eigenvalue weighted by atomic mass is 9.88. The highest BCUT2D eigenvalue weighted by Gasteiger charge is 2.22. The van der Waals surface area contributed by atoms with Crippen LogP contribution in [0.5, 0.6) is 5.75 Å². The minimum Gasteiger partial charge on any atom is -0.494 e. The molecule has 1 aliphatic carbocycles. The Labute approximate surface area is 164 Å². The van der Waals surface area contributed by atoms with Gasteiger partial charge >= 0.3 is 0 Å². The summed E-state index contributed by atoms with van der Waals surface area (Å²) in [5, 5.41) is 5.16. The van der Waals surface area contributed by atoms with Crippen molar-refractivity contribution in [3.05, 3.63) is 70.3 Å². The highest BCUT2D eigenvalue weighted by molar-refractivity contribution is 5.81. The van der Waals surface area contributed by atoms with Crippen molar-refractivity contribution in [2.75, 3.05) is 6.61 Å². The van der Waals surface area contributed by atoms with Crippen molar-refractivity contribution < 1.29 is 4.74 Å². The number of nitrogens with zero attached hydrogens (tertiary/aromatic N) is 3. The van der Waals surface area contributed by atoms with Gasteiger partial charge in [-0.15, -0.1) is 0 Å². The average molecular weight is 375 g/mol. The van der Waals surface area contributed by atoms with E-state index in [0.29, 0.717) is 12.0 Å². The van der Waals surface area contributed by atoms with Crippen molar-refractivity contribution >= 4 is 17.1 Å². The lowest BCUT2D eigenvalue weighted by Crippen LogP contribution is -2.25. The Bertz CT molecular complexity index is 1050. The van der Waals surface area contributed by atoms with Crippen LogP contribution < -0.4 is 10.3 Å². The standard InChI is InChI=1S/C23H25N3O2/c1-2-28-19-12-8-9-17(15-19)16-24-26-22(18-10-4-3-5-11-18)25-21-14-7-6-13-20(21)23(26)27/h6-9,12-16,18H,2-5,10-11H2,1H3. The van der Waals surface area contributed by atoms with E-state index in [4.69, 9.17) is 9.72 Å². The van der Waals surface area contributed by atoms with Gasteiger partial charge in [0.2, 0.25) is 0 Å². The molecule has 1 aromatic heterocycles. The fourth-order valence-corrected chi connectivity index (χ4v) is 3.85. The Morgan fingerprint density at radius 3 is 2.79 bits per heavy atom. The summed E-state index contributed by atoms with van der Waals surface area (Å²) < 4.78 is 7.06. The van der Waals surface area contributed by atoms with Crippen molar-refractivity contribution in [3.8, 4) is 5.75 Å². The second kappa shape index (κ2) is 8.38. The summed E-state index contributed by atoms with van der Waals surface area (Å²) in [5.74, 6) is 1.85. The summed E-state index contributed by atoms with van der Waals surface area (Å²) in [6.45, 7) is 2.57. The van der Waals surface area contributed by atoms with Crippen LogP contribution in [0, 0.1) is 0 Å². The number of para-hydroxylation sites is 1. The van der Waals surface area contributed by atoms with Crippen molar-refractivity contribution in [2.45, 2.75) is 44.9 Å². The first-order chi connectivity index (χ1) is 13.8. The number of benzene rings is 2. The van der Waals surface area contributed by atoms with Crippen LogP contribution in [0.3, 0.4) is 0 Å². The number of rotatable bonds is 5. The third kappa shape index (κ3) is 3.84. The van der Waals surface area contributed by atoms with E-state index in [9.17, 15) is 4.79 Å². The molecule has 1 fully saturated rings. The first-order valence-corrected chi connectivity index (χ1v) is 10.0. The topological polar surface area (TPSA) is 56.5 Å². The van der Waals surface area contributed by atoms with Crippen LogP contribution in [0.1, 0.15) is 56.3 Å². The van der Waals surface area contributed by atoms with Gasteiger partial charge < -0.3 is 4.74 Å². The zero-order chi connectivity index (χ0) is 19.3. The van der Waals surface area contributed by atoms with Crippen LogP contribution in [0.2, 0.25) is 0 Å². The molecule has 144 valence electrons. The predicted molar refractivity (Wildman–Crippen MR) is 112 cm³/mol. The van der Waals surface area contributed by atoms with E-state index >= 15 is 0 Å². The summed E-state index contributed by atoms with van der Waals surface area (Å²) in [5.41, 5.74) is 1.53. The Hall–Kier alpha value is -2.95. The van der Waals surface area contributed by atoms with E-state index in [1.165, 1.54) is 23.9 Å². The fourth-order valence-electron chi connectivity index (χ4n) is 3.85. The van der Waals surface area contributed by atoms with Crippen LogP contribution in [-0.2, 0) is 0 Å². The van der Waals surface area contributed by atoms with Gasteiger partial charge in [0, 0.05) is 5.92 Å². The van der Waals surface area contributed by atoms with E-state index in [2.05, 4.69) is 5.10 Å². The molecule has 4 rings (SSSR count). The van der Waals surface area contributed by atoms with E-state index in [1.54, 1.807) is 6.21 Å². The average Bonchev–Trinajstić information content (AvgIpc) is 2.74. The summed E-state index contributed by atoms with van der Waals surface area (Å²) in [6, 6.07) is 15.2. The van der Waals surface area contributed by atoms with Gasteiger partial charge in [0.25, 0.3) is 5.56 Å². The number of fused-ring (bicyclic) bond motifs is 1. The Balaban J connectivity index is 1.79. The number of aromatic nitrogens is 2. The van der Waals surface area contributed by atoms with Gasteiger partial charge in [0.15, 0.2) is 0 Å². The molecule has 5 nitrogen and oxygen atoms in total. The van der Waals surface area contributed by atoms with E-state index < -0.39 is 0 Å². The van der Waals surface area contributed by atoms with Crippen molar-refractivity contribution in [1.82, 2.24) is 9.66 Å². The normalized spacial score (nSPS) is 15.3. The maximum absolute atomic E-state index is 13.2. The molecule has 1 saturated carbocycles. The van der Waals surface area contributed by atoms with E-state index in [1.807, 2.05) is 55.5 Å². The molecule has 28 heavy (non-hydrogen) atoms. The van der Waals surface area contributed by atoms with Gasteiger partial charge in [-0.3, -0.25) is 4.79 Å². The molecule has 0 unspecified atom stereocenters. The Morgan fingerprint density at radius 1 is 1.14 bits per heavy atom. The minimum atomic E-state index is -0.108. The van der Waals surface area contributed by atoms with E-state index in [-0.39, 0.29) is 11.5 Å². The Morgan fingerprint density at radius 2 is 1.96 bits per heavy atom. The minimum absolute atomic E-state index is 0.108. The molecule has 2 aromatic carbocycles. The van der Waals surface area contributed by atoms with Crippen molar-refractivity contribution in [3.63, 3.8) is 0 Å². The zero-order valence-corrected chi connectivity index (χ0v) is 16.2. The molecule has 0 radical (unpaired) electrons. The molecule has 0 bridgehead atoms. The highest BCUT2D eigenvalue weighted by atomic mass is 16.5. The van der Waals surface area contributed by atoms with Crippen LogP contribution in [0.4, 0.5) is 0 Å². The van der Waals surface area contributed by atoms with Crippen molar-refractivity contribution in [1.29, 1.82) is 0 Å². The first kappa shape index (κ1) is 18.4. The summed E-state index contributed by atoms with van der Waals surface area (Å²) in [4.78, 5) is 18.0. The lowest BCUT2D eigenvalue weighted by molar-refractivity contribution is 0.340. The molecule has 0 atom stereocenters. The lowest BCUT2D eigenvalue weighted by Gasteiger charge is -2.22. The van der Waals surface area contributed by atoms with Gasteiger partial charge in [-0.2, -0.15) is 9.78 Å². The molecular formula is C23H25N3O2. The van der Waals surface area contributed by atoms with Gasteiger partial charge in [-0.25, -0.2) is 4.98 Å². The van der Waals surface area contributed by atoms with Gasteiger partial charge in [0.1, 0.15) is 11.6 Å². The quantitative estimate of drug-likeness (QED) is 0.606. The maximum atomic E-state index is 13.2. The van der Waals surface area contributed by atoms with Gasteiger partial charge in [0.05, 0.1) is 23.7 Å². The van der Waals surface area contributed by atoms with Crippen LogP contribution in [0.25, 0.3) is 10.9 Å². The van der Waals surface area contributed by atoms with Gasteiger partial charge in [-0.05, 0) is 49.6 Å². The predicted octanol–water partition coefficient (Wildman–Crippen LogP) is 4.73. The number of ether oxygens (including phenoxy) is 1. The van der Waals surface area contributed by atoms with Crippen molar-refractivity contribution in [2.24, 2.45) is 5.10 Å². The molecule has 5 heteroatoms. The highest BCUT2D eigenvalue weighted by Crippen LogP contribution is 2.31. The monoisotopic (exact) mass is 375 g/mol. The van der Waals surface area contributed by atoms with Gasteiger partial charge in [-0.1, -0.05) is 43.5 Å². The SMILES string of the molecule is CCOc1cccc(C=Nn2c(C3CCCCC3)nc3ccccc3c2=O)c1. The second-order valence-corrected chi connectivity index (χ2v) is 7.19. The molecule has 1 aliphatic rings. The molecule has 0 aliphatic heterocycles. The van der Waals surface area contributed by atoms with Crippen LogP contribution >= 0.6 is 0 Å². The molecule has 1 heterocycles. The smallest absolute Gasteiger partial charge is 0.282 e. The molecule has 0 spiro atoms. The maximum Gasteiger partial charge on any atom is 0.282 e. The molecular weight excluding hydrogens is 350 g/mol. The second-order valence-electron chi connectivity index (χ2n) is 7.19. The molecule has 3 aromatic rings. The number of hydrogen-bond donors (Lipinski definition) is 0. The van der Waals surface area contributed by atoms with Crippen LogP contribution in [0.15, 0.2) is 58.4 Å². The van der Waals surface area contributed by atoms with Crippen LogP contribution in [-0.4, -0.2) is 22.5 Å². The summed E-state index contributed by atoms with van der Waals surface area (Å²) in [7, 11) is 0. The first-order valence-electron chi connectivity index (χ1n) is 10.0. The third-order valence-corrected chi connectivity index (χ3v) is 5.24. The van der Waals surface area contributed by atoms with E-state index in [0.717, 1.165) is 35.5 Å². The number of hydrogen-bond acceptors (Lipinski definition) is 4. The largest absolute Gasteiger partial charge is 0.494 e. The molecule has 0 N–H and O–H groups in total. The summed E-state index contributed by atoms with van der Waals surface area (Å²) in [6.07, 6.45) is 7.43. The Kier molecular flexibility index (Phi) is 5.51. The fraction of sp³-hybridized carbons (Fsp3) is 0.348. The summed E-state index contributed by atoms with van der Waals surface area (Å²) >= 11 is 0. The molecule has 0 amide bonds. The zero-order valence-electron chi connectivity index (χ0n) is 16.2.